The first-order valence-corrected chi connectivity index (χ1v) is 5.28. The van der Waals surface area contributed by atoms with Crippen molar-refractivity contribution in [1.29, 1.82) is 0 Å². The van der Waals surface area contributed by atoms with Crippen molar-refractivity contribution in [2.45, 2.75) is 19.4 Å². The van der Waals surface area contributed by atoms with Gasteiger partial charge in [0.05, 0.1) is 11.7 Å². The molecule has 1 aromatic heterocycles. The van der Waals surface area contributed by atoms with E-state index in [1.54, 1.807) is 19.1 Å². The van der Waals surface area contributed by atoms with Gasteiger partial charge in [0.2, 0.25) is 0 Å². The molecule has 1 N–H and O–H groups in total. The van der Waals surface area contributed by atoms with Crippen molar-refractivity contribution in [3.63, 3.8) is 0 Å². The molecule has 2 aromatic rings. The number of aliphatic hydroxyl groups is 1. The Morgan fingerprint density at radius 2 is 2.00 bits per heavy atom. The Hall–Kier alpha value is -1.68. The fourth-order valence-electron chi connectivity index (χ4n) is 1.61. The average Bonchev–Trinajstić information content (AvgIpc) is 2.69. The molecule has 2 nitrogen and oxygen atoms in total. The molecule has 0 saturated carbocycles. The third-order valence-electron chi connectivity index (χ3n) is 2.35. The van der Waals surface area contributed by atoms with Gasteiger partial charge in [-0.3, -0.25) is 0 Å². The summed E-state index contributed by atoms with van der Waals surface area (Å²) in [6.07, 6.45) is -0.192. The Kier molecular flexibility index (Phi) is 3.24. The molecular formula is C13H12F2O2. The largest absolute Gasteiger partial charge is 0.461 e. The molecule has 90 valence electrons. The van der Waals surface area contributed by atoms with Crippen molar-refractivity contribution >= 4 is 0 Å². The van der Waals surface area contributed by atoms with Crippen LogP contribution in [0.3, 0.4) is 0 Å². The van der Waals surface area contributed by atoms with Crippen molar-refractivity contribution in [3.8, 4) is 11.3 Å². The van der Waals surface area contributed by atoms with Gasteiger partial charge >= 0.3 is 0 Å². The number of furan rings is 1. The predicted molar refractivity (Wildman–Crippen MR) is 59.4 cm³/mol. The molecule has 0 saturated heterocycles. The molecule has 0 aliphatic carbocycles. The lowest BCUT2D eigenvalue weighted by Crippen LogP contribution is -2.02. The molecule has 4 heteroatoms. The standard InChI is InChI=1S/C13H12F2O2/c1-8(16)6-10-3-5-13(17-10)11-7-9(14)2-4-12(11)15/h2-5,7-8,16H,6H2,1H3. The zero-order chi connectivity index (χ0) is 12.4. The lowest BCUT2D eigenvalue weighted by atomic mass is 10.1. The van der Waals surface area contributed by atoms with Crippen LogP contribution in [0, 0.1) is 11.6 Å². The Labute approximate surface area is 97.5 Å². The maximum atomic E-state index is 13.5. The van der Waals surface area contributed by atoms with Crippen LogP contribution in [0.4, 0.5) is 8.78 Å². The van der Waals surface area contributed by atoms with Gasteiger partial charge in [0.15, 0.2) is 0 Å². The molecule has 1 unspecified atom stereocenters. The molecule has 0 radical (unpaired) electrons. The summed E-state index contributed by atoms with van der Waals surface area (Å²) in [5, 5.41) is 9.19. The summed E-state index contributed by atoms with van der Waals surface area (Å²) in [6.45, 7) is 1.63. The monoisotopic (exact) mass is 238 g/mol. The number of benzene rings is 1. The third kappa shape index (κ3) is 2.71. The van der Waals surface area contributed by atoms with Gasteiger partial charge in [-0.2, -0.15) is 0 Å². The molecule has 2 rings (SSSR count). The maximum Gasteiger partial charge on any atom is 0.137 e. The summed E-state index contributed by atoms with van der Waals surface area (Å²) in [5.41, 5.74) is 0.0850. The minimum absolute atomic E-state index is 0.0850. The van der Waals surface area contributed by atoms with E-state index in [1.165, 1.54) is 0 Å². The minimum atomic E-state index is -0.538. The topological polar surface area (TPSA) is 33.4 Å². The Balaban J connectivity index is 2.33. The van der Waals surface area contributed by atoms with Crippen LogP contribution in [0.2, 0.25) is 0 Å². The second-order valence-corrected chi connectivity index (χ2v) is 3.94. The van der Waals surface area contributed by atoms with E-state index in [9.17, 15) is 13.9 Å². The van der Waals surface area contributed by atoms with Crippen molar-refractivity contribution in [1.82, 2.24) is 0 Å². The molecule has 0 aliphatic rings. The SMILES string of the molecule is CC(O)Cc1ccc(-c2cc(F)ccc2F)o1. The van der Waals surface area contributed by atoms with Crippen LogP contribution in [0.15, 0.2) is 34.7 Å². The van der Waals surface area contributed by atoms with Crippen molar-refractivity contribution in [3.05, 3.63) is 47.7 Å². The van der Waals surface area contributed by atoms with Crippen LogP contribution in [0.25, 0.3) is 11.3 Å². The van der Waals surface area contributed by atoms with Crippen LogP contribution in [-0.2, 0) is 6.42 Å². The Morgan fingerprint density at radius 3 is 2.71 bits per heavy atom. The van der Waals surface area contributed by atoms with E-state index in [4.69, 9.17) is 4.42 Å². The Bertz CT molecular complexity index is 518. The lowest BCUT2D eigenvalue weighted by molar-refractivity contribution is 0.187. The highest BCUT2D eigenvalue weighted by Crippen LogP contribution is 2.26. The van der Waals surface area contributed by atoms with Crippen LogP contribution in [0.5, 0.6) is 0 Å². The Morgan fingerprint density at radius 1 is 1.24 bits per heavy atom. The summed E-state index contributed by atoms with van der Waals surface area (Å²) in [5.74, 6) is -0.254. The number of aliphatic hydroxyl groups excluding tert-OH is 1. The van der Waals surface area contributed by atoms with E-state index < -0.39 is 17.7 Å². The van der Waals surface area contributed by atoms with Gasteiger partial charge in [0, 0.05) is 6.42 Å². The maximum absolute atomic E-state index is 13.5. The zero-order valence-corrected chi connectivity index (χ0v) is 9.28. The zero-order valence-electron chi connectivity index (χ0n) is 9.28. The number of rotatable bonds is 3. The van der Waals surface area contributed by atoms with Gasteiger partial charge in [-0.1, -0.05) is 0 Å². The van der Waals surface area contributed by atoms with E-state index in [0.29, 0.717) is 12.2 Å². The average molecular weight is 238 g/mol. The van der Waals surface area contributed by atoms with Gasteiger partial charge in [-0.05, 0) is 37.3 Å². The van der Waals surface area contributed by atoms with Crippen molar-refractivity contribution < 1.29 is 18.3 Å². The van der Waals surface area contributed by atoms with Gasteiger partial charge < -0.3 is 9.52 Å². The highest BCUT2D eigenvalue weighted by Gasteiger charge is 2.11. The number of hydrogen-bond acceptors (Lipinski definition) is 2. The minimum Gasteiger partial charge on any atom is -0.461 e. The summed E-state index contributed by atoms with van der Waals surface area (Å²) in [4.78, 5) is 0. The second-order valence-electron chi connectivity index (χ2n) is 3.94. The molecule has 0 fully saturated rings. The third-order valence-corrected chi connectivity index (χ3v) is 2.35. The van der Waals surface area contributed by atoms with E-state index in [2.05, 4.69) is 0 Å². The molecule has 0 spiro atoms. The summed E-state index contributed by atoms with van der Waals surface area (Å²) < 4.78 is 31.8. The molecule has 1 aromatic carbocycles. The predicted octanol–water partition coefficient (Wildman–Crippen LogP) is 3.15. The molecule has 17 heavy (non-hydrogen) atoms. The lowest BCUT2D eigenvalue weighted by Gasteiger charge is -2.01. The molecule has 0 amide bonds. The molecule has 1 atom stereocenters. The van der Waals surface area contributed by atoms with E-state index in [-0.39, 0.29) is 11.3 Å². The molecule has 0 aliphatic heterocycles. The molecule has 0 bridgehead atoms. The fraction of sp³-hybridized carbons (Fsp3) is 0.231. The van der Waals surface area contributed by atoms with E-state index in [0.717, 1.165) is 18.2 Å². The quantitative estimate of drug-likeness (QED) is 0.891. The smallest absolute Gasteiger partial charge is 0.137 e. The van der Waals surface area contributed by atoms with E-state index in [1.807, 2.05) is 0 Å². The van der Waals surface area contributed by atoms with Crippen LogP contribution >= 0.6 is 0 Å². The van der Waals surface area contributed by atoms with Crippen molar-refractivity contribution in [2.75, 3.05) is 0 Å². The summed E-state index contributed by atoms with van der Waals surface area (Å²) in [6, 6.07) is 6.41. The molecular weight excluding hydrogens is 226 g/mol. The first kappa shape index (κ1) is 11.8. The summed E-state index contributed by atoms with van der Waals surface area (Å²) >= 11 is 0. The highest BCUT2D eigenvalue weighted by molar-refractivity contribution is 5.58. The first-order valence-electron chi connectivity index (χ1n) is 5.28. The highest BCUT2D eigenvalue weighted by atomic mass is 19.1. The summed E-state index contributed by atoms with van der Waals surface area (Å²) in [7, 11) is 0. The van der Waals surface area contributed by atoms with Gasteiger partial charge in [0.1, 0.15) is 23.2 Å². The van der Waals surface area contributed by atoms with Crippen LogP contribution in [-0.4, -0.2) is 11.2 Å². The van der Waals surface area contributed by atoms with Crippen molar-refractivity contribution in [2.24, 2.45) is 0 Å². The van der Waals surface area contributed by atoms with Crippen LogP contribution < -0.4 is 0 Å². The van der Waals surface area contributed by atoms with Gasteiger partial charge in [-0.15, -0.1) is 0 Å². The first-order chi connectivity index (χ1) is 8.06. The van der Waals surface area contributed by atoms with Gasteiger partial charge in [-0.25, -0.2) is 8.78 Å². The van der Waals surface area contributed by atoms with Gasteiger partial charge in [0.25, 0.3) is 0 Å². The number of halogens is 2. The number of hydrogen-bond donors (Lipinski definition) is 1. The normalized spacial score (nSPS) is 12.7. The molecule has 1 heterocycles. The van der Waals surface area contributed by atoms with E-state index >= 15 is 0 Å². The second kappa shape index (κ2) is 4.67. The fourth-order valence-corrected chi connectivity index (χ4v) is 1.61. The van der Waals surface area contributed by atoms with Crippen LogP contribution in [0.1, 0.15) is 12.7 Å².